The van der Waals surface area contributed by atoms with Gasteiger partial charge in [0.15, 0.2) is 18.1 Å². The van der Waals surface area contributed by atoms with Crippen LogP contribution in [0.4, 0.5) is 4.79 Å². The van der Waals surface area contributed by atoms with Gasteiger partial charge in [-0.15, -0.1) is 0 Å². The highest BCUT2D eigenvalue weighted by molar-refractivity contribution is 5.84. The van der Waals surface area contributed by atoms with Crippen LogP contribution in [0, 0.1) is 5.92 Å². The van der Waals surface area contributed by atoms with Crippen molar-refractivity contribution in [2.45, 2.75) is 33.0 Å². The minimum atomic E-state index is -0.945. The molecule has 0 aromatic heterocycles. The average Bonchev–Trinajstić information content (AvgIpc) is 3.26. The number of ether oxygens (including phenoxy) is 4. The van der Waals surface area contributed by atoms with Crippen molar-refractivity contribution in [3.8, 4) is 11.5 Å². The van der Waals surface area contributed by atoms with E-state index in [2.05, 4.69) is 10.6 Å². The topological polar surface area (TPSA) is 112 Å². The first-order valence-electron chi connectivity index (χ1n) is 10.2. The summed E-state index contributed by atoms with van der Waals surface area (Å²) in [6, 6.07) is 13.6. The summed E-state index contributed by atoms with van der Waals surface area (Å²) in [5.41, 5.74) is 1.64. The van der Waals surface area contributed by atoms with E-state index in [9.17, 15) is 14.4 Å². The van der Waals surface area contributed by atoms with Crippen LogP contribution in [0.15, 0.2) is 48.5 Å². The molecule has 9 nitrogen and oxygen atoms in total. The first-order chi connectivity index (χ1) is 15.4. The molecule has 1 aliphatic rings. The van der Waals surface area contributed by atoms with Crippen LogP contribution in [0.25, 0.3) is 0 Å². The Kier molecular flexibility index (Phi) is 7.91. The molecule has 0 bridgehead atoms. The first kappa shape index (κ1) is 22.9. The molecule has 1 aliphatic heterocycles. The van der Waals surface area contributed by atoms with Crippen LogP contribution in [0.5, 0.6) is 11.5 Å². The van der Waals surface area contributed by atoms with E-state index in [-0.39, 0.29) is 25.9 Å². The zero-order valence-corrected chi connectivity index (χ0v) is 18.0. The lowest BCUT2D eigenvalue weighted by Crippen LogP contribution is -2.46. The zero-order valence-electron chi connectivity index (χ0n) is 18.0. The van der Waals surface area contributed by atoms with Crippen molar-refractivity contribution < 1.29 is 33.3 Å². The number of esters is 1. The molecule has 0 radical (unpaired) electrons. The Morgan fingerprint density at radius 3 is 2.47 bits per heavy atom. The van der Waals surface area contributed by atoms with E-state index in [1.54, 1.807) is 32.0 Å². The van der Waals surface area contributed by atoms with E-state index in [4.69, 9.17) is 18.9 Å². The molecule has 170 valence electrons. The van der Waals surface area contributed by atoms with Gasteiger partial charge in [-0.3, -0.25) is 4.79 Å². The second kappa shape index (κ2) is 11.0. The molecule has 1 atom stereocenters. The van der Waals surface area contributed by atoms with Crippen LogP contribution < -0.4 is 20.1 Å². The second-order valence-electron chi connectivity index (χ2n) is 7.50. The van der Waals surface area contributed by atoms with Crippen molar-refractivity contribution >= 4 is 18.0 Å². The van der Waals surface area contributed by atoms with Gasteiger partial charge in [-0.2, -0.15) is 0 Å². The number of alkyl carbamates (subject to hydrolysis) is 1. The molecule has 0 saturated heterocycles. The van der Waals surface area contributed by atoms with Crippen LogP contribution >= 0.6 is 0 Å². The minimum absolute atomic E-state index is 0.0782. The molecule has 2 aromatic carbocycles. The summed E-state index contributed by atoms with van der Waals surface area (Å²) in [4.78, 5) is 36.5. The summed E-state index contributed by atoms with van der Waals surface area (Å²) >= 11 is 0. The lowest BCUT2D eigenvalue weighted by Gasteiger charge is -2.20. The van der Waals surface area contributed by atoms with Gasteiger partial charge in [0.2, 0.25) is 6.79 Å². The van der Waals surface area contributed by atoms with E-state index in [1.807, 2.05) is 30.3 Å². The molecule has 0 fully saturated rings. The quantitative estimate of drug-likeness (QED) is 0.574. The molecular formula is C23H26N2O7. The number of hydrogen-bond donors (Lipinski definition) is 2. The molecule has 0 spiro atoms. The summed E-state index contributed by atoms with van der Waals surface area (Å²) in [6.07, 6.45) is -0.739. The lowest BCUT2D eigenvalue weighted by molar-refractivity contribution is -0.151. The molecule has 3 rings (SSSR count). The van der Waals surface area contributed by atoms with Gasteiger partial charge in [0.1, 0.15) is 12.6 Å². The van der Waals surface area contributed by atoms with E-state index in [0.29, 0.717) is 11.5 Å². The van der Waals surface area contributed by atoms with Gasteiger partial charge in [-0.1, -0.05) is 50.2 Å². The molecule has 0 unspecified atom stereocenters. The maximum atomic E-state index is 12.4. The highest BCUT2D eigenvalue weighted by Gasteiger charge is 2.27. The molecule has 9 heteroatoms. The smallest absolute Gasteiger partial charge is 0.408 e. The highest BCUT2D eigenvalue weighted by Crippen LogP contribution is 2.32. The normalized spacial score (nSPS) is 12.7. The molecule has 0 saturated carbocycles. The van der Waals surface area contributed by atoms with Crippen LogP contribution in [0.2, 0.25) is 0 Å². The molecule has 32 heavy (non-hydrogen) atoms. The van der Waals surface area contributed by atoms with Crippen molar-refractivity contribution in [3.63, 3.8) is 0 Å². The SMILES string of the molecule is CC(C)[C@H](NC(=O)OCc1ccccc1)C(=O)OCC(=O)NCc1ccc2c(c1)OCO2. The minimum Gasteiger partial charge on any atom is -0.454 e. The number of hydrogen-bond acceptors (Lipinski definition) is 7. The summed E-state index contributed by atoms with van der Waals surface area (Å²) in [7, 11) is 0. The van der Waals surface area contributed by atoms with E-state index in [0.717, 1.165) is 11.1 Å². The summed E-state index contributed by atoms with van der Waals surface area (Å²) in [6.45, 7) is 3.53. The molecule has 1 heterocycles. The molecule has 2 N–H and O–H groups in total. The number of nitrogens with one attached hydrogen (secondary N) is 2. The standard InChI is InChI=1S/C23H26N2O7/c1-15(2)21(25-23(28)30-12-16-6-4-3-5-7-16)22(27)29-13-20(26)24-11-17-8-9-18-19(10-17)32-14-31-18/h3-10,15,21H,11-14H2,1-2H3,(H,24,26)(H,25,28)/t21-/m0/s1. The van der Waals surface area contributed by atoms with Gasteiger partial charge >= 0.3 is 12.1 Å². The summed E-state index contributed by atoms with van der Waals surface area (Å²) in [5.74, 6) is -0.166. The molecule has 2 amide bonds. The van der Waals surface area contributed by atoms with Crippen molar-refractivity contribution in [3.05, 3.63) is 59.7 Å². The Balaban J connectivity index is 1.41. The van der Waals surface area contributed by atoms with Gasteiger partial charge in [-0.05, 0) is 29.2 Å². The van der Waals surface area contributed by atoms with Gasteiger partial charge in [0.05, 0.1) is 0 Å². The predicted molar refractivity (Wildman–Crippen MR) is 114 cm³/mol. The number of benzene rings is 2. The van der Waals surface area contributed by atoms with Gasteiger partial charge in [0.25, 0.3) is 5.91 Å². The van der Waals surface area contributed by atoms with Crippen molar-refractivity contribution in [2.75, 3.05) is 13.4 Å². The number of carbonyl (C=O) groups excluding carboxylic acids is 3. The van der Waals surface area contributed by atoms with Gasteiger partial charge < -0.3 is 29.6 Å². The monoisotopic (exact) mass is 442 g/mol. The molecule has 2 aromatic rings. The Morgan fingerprint density at radius 1 is 0.969 bits per heavy atom. The third-order valence-electron chi connectivity index (χ3n) is 4.68. The van der Waals surface area contributed by atoms with Crippen molar-refractivity contribution in [1.82, 2.24) is 10.6 Å². The Morgan fingerprint density at radius 2 is 1.72 bits per heavy atom. The summed E-state index contributed by atoms with van der Waals surface area (Å²) in [5, 5.41) is 5.17. The van der Waals surface area contributed by atoms with Crippen molar-refractivity contribution in [2.24, 2.45) is 5.92 Å². The predicted octanol–water partition coefficient (Wildman–Crippen LogP) is 2.53. The number of rotatable bonds is 9. The Hall–Kier alpha value is -3.75. The van der Waals surface area contributed by atoms with E-state index >= 15 is 0 Å². The zero-order chi connectivity index (χ0) is 22.9. The van der Waals surface area contributed by atoms with E-state index < -0.39 is 30.6 Å². The van der Waals surface area contributed by atoms with Gasteiger partial charge in [-0.25, -0.2) is 9.59 Å². The third kappa shape index (κ3) is 6.63. The fourth-order valence-electron chi connectivity index (χ4n) is 2.92. The Bertz CT molecular complexity index is 947. The highest BCUT2D eigenvalue weighted by atomic mass is 16.7. The average molecular weight is 442 g/mol. The maximum absolute atomic E-state index is 12.4. The Labute approximate surface area is 186 Å². The molecular weight excluding hydrogens is 416 g/mol. The number of fused-ring (bicyclic) bond motifs is 1. The van der Waals surface area contributed by atoms with Crippen molar-refractivity contribution in [1.29, 1.82) is 0 Å². The summed E-state index contributed by atoms with van der Waals surface area (Å²) < 4.78 is 20.8. The van der Waals surface area contributed by atoms with Crippen LogP contribution in [-0.2, 0) is 32.2 Å². The fourth-order valence-corrected chi connectivity index (χ4v) is 2.92. The van der Waals surface area contributed by atoms with Crippen LogP contribution in [0.1, 0.15) is 25.0 Å². The second-order valence-corrected chi connectivity index (χ2v) is 7.50. The lowest BCUT2D eigenvalue weighted by atomic mass is 10.1. The number of amides is 2. The largest absolute Gasteiger partial charge is 0.454 e. The van der Waals surface area contributed by atoms with Gasteiger partial charge in [0, 0.05) is 6.54 Å². The maximum Gasteiger partial charge on any atom is 0.408 e. The fraction of sp³-hybridized carbons (Fsp3) is 0.348. The third-order valence-corrected chi connectivity index (χ3v) is 4.68. The van der Waals surface area contributed by atoms with Crippen LogP contribution in [-0.4, -0.2) is 37.4 Å². The number of carbonyl (C=O) groups is 3. The first-order valence-corrected chi connectivity index (χ1v) is 10.2. The van der Waals surface area contributed by atoms with Crippen LogP contribution in [0.3, 0.4) is 0 Å². The van der Waals surface area contributed by atoms with E-state index in [1.165, 1.54) is 0 Å². The molecule has 0 aliphatic carbocycles.